The monoisotopic (exact) mass is 394 g/mol. The number of amides is 1. The summed E-state index contributed by atoms with van der Waals surface area (Å²) in [5.41, 5.74) is 3.30. The van der Waals surface area contributed by atoms with E-state index in [1.165, 1.54) is 15.6 Å². The van der Waals surface area contributed by atoms with Crippen LogP contribution in [0.15, 0.2) is 42.5 Å². The van der Waals surface area contributed by atoms with Gasteiger partial charge >= 0.3 is 0 Å². The SMILES string of the molecule is CC(=O)Nc1c(C)cccc1CCN1CCN(c2nsc3ccccc23)CC1. The lowest BCUT2D eigenvalue weighted by Gasteiger charge is -2.35. The maximum Gasteiger partial charge on any atom is 0.221 e. The van der Waals surface area contributed by atoms with Crippen LogP contribution in [0.2, 0.25) is 0 Å². The highest BCUT2D eigenvalue weighted by Crippen LogP contribution is 2.30. The lowest BCUT2D eigenvalue weighted by Crippen LogP contribution is -2.47. The summed E-state index contributed by atoms with van der Waals surface area (Å²) in [4.78, 5) is 16.4. The topological polar surface area (TPSA) is 48.5 Å². The lowest BCUT2D eigenvalue weighted by atomic mass is 10.0. The summed E-state index contributed by atoms with van der Waals surface area (Å²) in [5.74, 6) is 1.12. The molecule has 1 aromatic heterocycles. The average molecular weight is 395 g/mol. The molecule has 28 heavy (non-hydrogen) atoms. The van der Waals surface area contributed by atoms with Gasteiger partial charge in [-0.1, -0.05) is 30.3 Å². The summed E-state index contributed by atoms with van der Waals surface area (Å²) in [6, 6.07) is 14.7. The van der Waals surface area contributed by atoms with Crippen molar-refractivity contribution in [2.45, 2.75) is 20.3 Å². The molecule has 0 radical (unpaired) electrons. The Morgan fingerprint density at radius 3 is 2.68 bits per heavy atom. The molecular formula is C22H26N4OS. The molecule has 1 amide bonds. The molecule has 0 aliphatic carbocycles. The van der Waals surface area contributed by atoms with Crippen LogP contribution in [0.25, 0.3) is 10.1 Å². The number of anilines is 2. The standard InChI is InChI=1S/C22H26N4OS/c1-16-6-5-7-18(21(16)23-17(2)27)10-11-25-12-14-26(15-13-25)22-19-8-3-4-9-20(19)28-24-22/h3-9H,10-15H2,1-2H3,(H,23,27). The molecule has 0 atom stereocenters. The predicted octanol–water partition coefficient (Wildman–Crippen LogP) is 3.93. The summed E-state index contributed by atoms with van der Waals surface area (Å²) in [6.07, 6.45) is 0.941. The Morgan fingerprint density at radius 2 is 1.89 bits per heavy atom. The first-order valence-electron chi connectivity index (χ1n) is 9.79. The Bertz CT molecular complexity index is 976. The summed E-state index contributed by atoms with van der Waals surface area (Å²) < 4.78 is 5.95. The minimum absolute atomic E-state index is 0.0142. The zero-order valence-electron chi connectivity index (χ0n) is 16.4. The molecule has 0 spiro atoms. The van der Waals surface area contributed by atoms with Crippen LogP contribution in [0.4, 0.5) is 11.5 Å². The molecule has 5 nitrogen and oxygen atoms in total. The Balaban J connectivity index is 1.37. The van der Waals surface area contributed by atoms with E-state index in [1.807, 2.05) is 13.0 Å². The third-order valence-electron chi connectivity index (χ3n) is 5.39. The van der Waals surface area contributed by atoms with E-state index in [2.05, 4.69) is 51.5 Å². The van der Waals surface area contributed by atoms with Crippen molar-refractivity contribution in [3.05, 3.63) is 53.6 Å². The molecule has 1 N–H and O–H groups in total. The maximum absolute atomic E-state index is 11.5. The zero-order chi connectivity index (χ0) is 19.5. The van der Waals surface area contributed by atoms with Crippen LogP contribution < -0.4 is 10.2 Å². The van der Waals surface area contributed by atoms with Gasteiger partial charge in [0.2, 0.25) is 5.91 Å². The number of carbonyl (C=O) groups excluding carboxylic acids is 1. The summed E-state index contributed by atoms with van der Waals surface area (Å²) >= 11 is 1.58. The number of carbonyl (C=O) groups is 1. The Hall–Kier alpha value is -2.44. The molecule has 3 aromatic rings. The molecule has 6 heteroatoms. The fourth-order valence-corrected chi connectivity index (χ4v) is 4.65. The minimum Gasteiger partial charge on any atom is -0.353 e. The van der Waals surface area contributed by atoms with Crippen molar-refractivity contribution in [3.8, 4) is 0 Å². The van der Waals surface area contributed by atoms with E-state index in [1.54, 1.807) is 18.5 Å². The van der Waals surface area contributed by atoms with E-state index in [-0.39, 0.29) is 5.91 Å². The number of hydrogen-bond donors (Lipinski definition) is 1. The average Bonchev–Trinajstić information content (AvgIpc) is 3.13. The van der Waals surface area contributed by atoms with Gasteiger partial charge in [-0.2, -0.15) is 4.37 Å². The number of fused-ring (bicyclic) bond motifs is 1. The number of nitrogens with one attached hydrogen (secondary N) is 1. The Morgan fingerprint density at radius 1 is 1.11 bits per heavy atom. The number of piperazine rings is 1. The largest absolute Gasteiger partial charge is 0.353 e. The number of aryl methyl sites for hydroxylation is 1. The lowest BCUT2D eigenvalue weighted by molar-refractivity contribution is -0.114. The van der Waals surface area contributed by atoms with E-state index >= 15 is 0 Å². The van der Waals surface area contributed by atoms with Gasteiger partial charge < -0.3 is 10.2 Å². The number of hydrogen-bond acceptors (Lipinski definition) is 5. The van der Waals surface area contributed by atoms with Gasteiger partial charge in [-0.15, -0.1) is 0 Å². The van der Waals surface area contributed by atoms with Crippen LogP contribution in [0, 0.1) is 6.92 Å². The quantitative estimate of drug-likeness (QED) is 0.712. The van der Waals surface area contributed by atoms with Gasteiger partial charge in [-0.25, -0.2) is 0 Å². The van der Waals surface area contributed by atoms with Crippen LogP contribution >= 0.6 is 11.5 Å². The van der Waals surface area contributed by atoms with Crippen molar-refractivity contribution < 1.29 is 4.79 Å². The van der Waals surface area contributed by atoms with E-state index in [9.17, 15) is 4.79 Å². The molecule has 2 heterocycles. The van der Waals surface area contributed by atoms with Crippen molar-refractivity contribution in [2.24, 2.45) is 0 Å². The zero-order valence-corrected chi connectivity index (χ0v) is 17.3. The van der Waals surface area contributed by atoms with Crippen LogP contribution in [0.5, 0.6) is 0 Å². The molecular weight excluding hydrogens is 368 g/mol. The molecule has 0 unspecified atom stereocenters. The van der Waals surface area contributed by atoms with E-state index in [0.717, 1.165) is 56.2 Å². The van der Waals surface area contributed by atoms with E-state index < -0.39 is 0 Å². The second kappa shape index (κ2) is 8.29. The molecule has 0 bridgehead atoms. The first kappa shape index (κ1) is 18.9. The fraction of sp³-hybridized carbons (Fsp3) is 0.364. The van der Waals surface area contributed by atoms with Crippen LogP contribution in [-0.4, -0.2) is 47.9 Å². The van der Waals surface area contributed by atoms with Crippen LogP contribution in [-0.2, 0) is 11.2 Å². The summed E-state index contributed by atoms with van der Waals surface area (Å²) in [6.45, 7) is 8.69. The predicted molar refractivity (Wildman–Crippen MR) is 117 cm³/mol. The third kappa shape index (κ3) is 4.03. The van der Waals surface area contributed by atoms with Gasteiger partial charge in [0.15, 0.2) is 0 Å². The highest BCUT2D eigenvalue weighted by atomic mass is 32.1. The molecule has 4 rings (SSSR count). The van der Waals surface area contributed by atoms with Gasteiger partial charge in [-0.05, 0) is 48.1 Å². The first-order valence-corrected chi connectivity index (χ1v) is 10.6. The Kier molecular flexibility index (Phi) is 5.59. The molecule has 146 valence electrons. The van der Waals surface area contributed by atoms with Crippen molar-refractivity contribution in [2.75, 3.05) is 42.9 Å². The number of rotatable bonds is 5. The number of benzene rings is 2. The molecule has 1 fully saturated rings. The number of aromatic nitrogens is 1. The van der Waals surface area contributed by atoms with Gasteiger partial charge in [0.05, 0.1) is 4.70 Å². The van der Waals surface area contributed by atoms with Crippen molar-refractivity contribution in [3.63, 3.8) is 0 Å². The third-order valence-corrected chi connectivity index (χ3v) is 6.20. The van der Waals surface area contributed by atoms with Crippen molar-refractivity contribution >= 4 is 39.0 Å². The van der Waals surface area contributed by atoms with E-state index in [0.29, 0.717) is 0 Å². The fourth-order valence-electron chi connectivity index (χ4n) is 3.85. The molecule has 1 aliphatic rings. The van der Waals surface area contributed by atoms with Gasteiger partial charge in [-0.3, -0.25) is 9.69 Å². The number of para-hydroxylation sites is 1. The first-order chi connectivity index (χ1) is 13.6. The van der Waals surface area contributed by atoms with Gasteiger partial charge in [0, 0.05) is 50.7 Å². The molecule has 1 aliphatic heterocycles. The molecule has 1 saturated heterocycles. The normalized spacial score (nSPS) is 15.1. The second-order valence-corrected chi connectivity index (χ2v) is 8.18. The summed E-state index contributed by atoms with van der Waals surface area (Å²) in [7, 11) is 0. The molecule has 0 saturated carbocycles. The van der Waals surface area contributed by atoms with Gasteiger partial charge in [0.25, 0.3) is 0 Å². The minimum atomic E-state index is -0.0142. The van der Waals surface area contributed by atoms with Gasteiger partial charge in [0.1, 0.15) is 5.82 Å². The van der Waals surface area contributed by atoms with Crippen LogP contribution in [0.3, 0.4) is 0 Å². The number of nitrogens with zero attached hydrogens (tertiary/aromatic N) is 3. The highest BCUT2D eigenvalue weighted by molar-refractivity contribution is 7.13. The van der Waals surface area contributed by atoms with Crippen molar-refractivity contribution in [1.29, 1.82) is 0 Å². The maximum atomic E-state index is 11.5. The summed E-state index contributed by atoms with van der Waals surface area (Å²) in [5, 5.41) is 4.26. The van der Waals surface area contributed by atoms with Crippen LogP contribution in [0.1, 0.15) is 18.1 Å². The Labute approximate surface area is 170 Å². The molecule has 2 aromatic carbocycles. The highest BCUT2D eigenvalue weighted by Gasteiger charge is 2.20. The second-order valence-electron chi connectivity index (χ2n) is 7.37. The smallest absolute Gasteiger partial charge is 0.221 e. The van der Waals surface area contributed by atoms with Crippen molar-refractivity contribution in [1.82, 2.24) is 9.27 Å². The van der Waals surface area contributed by atoms with E-state index in [4.69, 9.17) is 4.37 Å².